The highest BCUT2D eigenvalue weighted by atomic mass is 31.1. The second kappa shape index (κ2) is 6.04. The molecule has 0 aromatic rings. The van der Waals surface area contributed by atoms with Gasteiger partial charge in [-0.05, 0) is 6.42 Å². The second-order valence-corrected chi connectivity index (χ2v) is 4.61. The average Bonchev–Trinajstić information content (AvgIpc) is 2.59. The highest BCUT2D eigenvalue weighted by Gasteiger charge is 2.30. The lowest BCUT2D eigenvalue weighted by Crippen LogP contribution is -2.05. The summed E-state index contributed by atoms with van der Waals surface area (Å²) in [6.07, 6.45) is 2.27. The fourth-order valence-electron chi connectivity index (χ4n) is 1.06. The summed E-state index contributed by atoms with van der Waals surface area (Å²) in [5.41, 5.74) is 0. The predicted molar refractivity (Wildman–Crippen MR) is 50.7 cm³/mol. The van der Waals surface area contributed by atoms with E-state index in [2.05, 4.69) is 16.4 Å². The van der Waals surface area contributed by atoms with Crippen LogP contribution in [0.5, 0.6) is 0 Å². The van der Waals surface area contributed by atoms with Crippen molar-refractivity contribution in [2.24, 2.45) is 0 Å². The molecule has 6 heteroatoms. The molecule has 0 aromatic carbocycles. The number of carbonyl (C=O) groups is 1. The Hall–Kier alpha value is -0.540. The number of hydrogen-bond donors (Lipinski definition) is 0. The maximum Gasteiger partial charge on any atom is 0.509 e. The Morgan fingerprint density at radius 2 is 2.36 bits per heavy atom. The van der Waals surface area contributed by atoms with Gasteiger partial charge < -0.3 is 14.0 Å². The Labute approximate surface area is 83.6 Å². The number of unbranched alkanes of at least 4 members (excludes halogenated alkanes) is 2. The van der Waals surface area contributed by atoms with Crippen LogP contribution in [0.2, 0.25) is 0 Å². The topological polar surface area (TPSA) is 61.8 Å². The third-order valence-electron chi connectivity index (χ3n) is 1.85. The first-order valence-corrected chi connectivity index (χ1v) is 6.13. The SMILES string of the molecule is CCCCCO[PH](=O)C1COC(=O)O1. The van der Waals surface area contributed by atoms with E-state index in [9.17, 15) is 9.36 Å². The molecular formula is C8H15O5P. The highest BCUT2D eigenvalue weighted by molar-refractivity contribution is 7.39. The zero-order chi connectivity index (χ0) is 10.4. The van der Waals surface area contributed by atoms with Gasteiger partial charge in [0.15, 0.2) is 0 Å². The summed E-state index contributed by atoms with van der Waals surface area (Å²) in [6, 6.07) is 0. The van der Waals surface area contributed by atoms with Crippen molar-refractivity contribution in [3.05, 3.63) is 0 Å². The Bertz CT molecular complexity index is 218. The third kappa shape index (κ3) is 3.68. The van der Waals surface area contributed by atoms with Gasteiger partial charge >= 0.3 is 6.16 Å². The van der Waals surface area contributed by atoms with Crippen LogP contribution < -0.4 is 0 Å². The number of ether oxygens (including phenoxy) is 2. The summed E-state index contributed by atoms with van der Waals surface area (Å²) in [6.45, 7) is 2.58. The van der Waals surface area contributed by atoms with Crippen LogP contribution in [0.3, 0.4) is 0 Å². The molecule has 1 heterocycles. The molecular weight excluding hydrogens is 207 g/mol. The third-order valence-corrected chi connectivity index (χ3v) is 3.15. The molecule has 1 rings (SSSR count). The van der Waals surface area contributed by atoms with E-state index in [1.165, 1.54) is 0 Å². The molecule has 1 fully saturated rings. The molecule has 0 radical (unpaired) electrons. The summed E-state index contributed by atoms with van der Waals surface area (Å²) < 4.78 is 25.6. The molecule has 1 saturated heterocycles. The lowest BCUT2D eigenvalue weighted by Gasteiger charge is -2.06. The first-order valence-electron chi connectivity index (χ1n) is 4.74. The van der Waals surface area contributed by atoms with E-state index >= 15 is 0 Å². The summed E-state index contributed by atoms with van der Waals surface area (Å²) in [5.74, 6) is -0.686. The van der Waals surface area contributed by atoms with Crippen LogP contribution >= 0.6 is 8.03 Å². The van der Waals surface area contributed by atoms with Crippen LogP contribution in [-0.2, 0) is 18.6 Å². The number of rotatable bonds is 6. The van der Waals surface area contributed by atoms with E-state index in [1.54, 1.807) is 0 Å². The molecule has 5 nitrogen and oxygen atoms in total. The van der Waals surface area contributed by atoms with E-state index < -0.39 is 20.0 Å². The smallest absolute Gasteiger partial charge is 0.430 e. The van der Waals surface area contributed by atoms with Gasteiger partial charge in [-0.15, -0.1) is 0 Å². The first-order chi connectivity index (χ1) is 6.74. The molecule has 14 heavy (non-hydrogen) atoms. The van der Waals surface area contributed by atoms with E-state index in [-0.39, 0.29) is 6.61 Å². The number of carbonyl (C=O) groups excluding carboxylic acids is 1. The maximum absolute atomic E-state index is 11.4. The van der Waals surface area contributed by atoms with Crippen molar-refractivity contribution >= 4 is 14.2 Å². The fourth-order valence-corrected chi connectivity index (χ4v) is 2.01. The van der Waals surface area contributed by atoms with Crippen LogP contribution in [0.15, 0.2) is 0 Å². The normalized spacial score (nSPS) is 22.9. The molecule has 1 aliphatic heterocycles. The van der Waals surface area contributed by atoms with Gasteiger partial charge in [0.25, 0.3) is 0 Å². The fraction of sp³-hybridized carbons (Fsp3) is 0.875. The van der Waals surface area contributed by atoms with Gasteiger partial charge in [-0.3, -0.25) is 4.57 Å². The van der Waals surface area contributed by atoms with Crippen LogP contribution in [0, 0.1) is 0 Å². The molecule has 0 saturated carbocycles. The quantitative estimate of drug-likeness (QED) is 0.391. The molecule has 0 N–H and O–H groups in total. The zero-order valence-electron chi connectivity index (χ0n) is 8.15. The largest absolute Gasteiger partial charge is 0.509 e. The predicted octanol–water partition coefficient (Wildman–Crippen LogP) is 2.16. The van der Waals surface area contributed by atoms with E-state index in [4.69, 9.17) is 4.52 Å². The summed E-state index contributed by atoms with van der Waals surface area (Å²) in [4.78, 5) is 10.5. The van der Waals surface area contributed by atoms with Crippen LogP contribution in [0.25, 0.3) is 0 Å². The summed E-state index contributed by atoms with van der Waals surface area (Å²) in [7, 11) is -2.30. The second-order valence-electron chi connectivity index (χ2n) is 3.04. The first kappa shape index (κ1) is 11.5. The summed E-state index contributed by atoms with van der Waals surface area (Å²) in [5, 5.41) is 0. The van der Waals surface area contributed by atoms with Gasteiger partial charge in [0.05, 0.1) is 6.61 Å². The minimum absolute atomic E-state index is 0.0460. The van der Waals surface area contributed by atoms with Gasteiger partial charge in [-0.1, -0.05) is 19.8 Å². The monoisotopic (exact) mass is 222 g/mol. The minimum Gasteiger partial charge on any atom is -0.430 e. The van der Waals surface area contributed by atoms with Crippen molar-refractivity contribution in [3.8, 4) is 0 Å². The van der Waals surface area contributed by atoms with Crippen LogP contribution in [-0.4, -0.2) is 25.2 Å². The minimum atomic E-state index is -2.30. The van der Waals surface area contributed by atoms with Crippen molar-refractivity contribution in [1.82, 2.24) is 0 Å². The standard InChI is InChI=1S/C8H15O5P/c1-2-3-4-5-12-14(10)7-6-11-8(9)13-7/h7,14H,2-6H2,1H3. The Kier molecular flexibility index (Phi) is 4.98. The molecule has 1 aliphatic rings. The van der Waals surface area contributed by atoms with Gasteiger partial charge in [0.2, 0.25) is 13.9 Å². The van der Waals surface area contributed by atoms with Gasteiger partial charge in [0.1, 0.15) is 6.61 Å². The molecule has 0 bridgehead atoms. The van der Waals surface area contributed by atoms with Crippen molar-refractivity contribution < 1.29 is 23.4 Å². The number of cyclic esters (lactones) is 2. The molecule has 0 aromatic heterocycles. The van der Waals surface area contributed by atoms with Crippen LogP contribution in [0.1, 0.15) is 26.2 Å². The van der Waals surface area contributed by atoms with Crippen molar-refractivity contribution in [2.75, 3.05) is 13.2 Å². The van der Waals surface area contributed by atoms with Gasteiger partial charge in [0, 0.05) is 0 Å². The Balaban J connectivity index is 2.12. The molecule has 82 valence electrons. The van der Waals surface area contributed by atoms with Crippen molar-refractivity contribution in [2.45, 2.75) is 32.0 Å². The highest BCUT2D eigenvalue weighted by Crippen LogP contribution is 2.33. The van der Waals surface area contributed by atoms with Gasteiger partial charge in [-0.25, -0.2) is 4.79 Å². The molecule has 0 spiro atoms. The average molecular weight is 222 g/mol. The van der Waals surface area contributed by atoms with Crippen molar-refractivity contribution in [3.63, 3.8) is 0 Å². The van der Waals surface area contributed by atoms with E-state index in [1.807, 2.05) is 0 Å². The lowest BCUT2D eigenvalue weighted by molar-refractivity contribution is 0.126. The van der Waals surface area contributed by atoms with Crippen molar-refractivity contribution in [1.29, 1.82) is 0 Å². The molecule has 2 unspecified atom stereocenters. The molecule has 2 atom stereocenters. The number of hydrogen-bond acceptors (Lipinski definition) is 5. The molecule has 0 aliphatic carbocycles. The van der Waals surface area contributed by atoms with Crippen LogP contribution in [0.4, 0.5) is 4.79 Å². The Morgan fingerprint density at radius 3 is 2.93 bits per heavy atom. The van der Waals surface area contributed by atoms with Gasteiger partial charge in [-0.2, -0.15) is 0 Å². The summed E-state index contributed by atoms with van der Waals surface area (Å²) >= 11 is 0. The van der Waals surface area contributed by atoms with E-state index in [0.717, 1.165) is 19.3 Å². The zero-order valence-corrected chi connectivity index (χ0v) is 9.15. The van der Waals surface area contributed by atoms with E-state index in [0.29, 0.717) is 6.61 Å². The maximum atomic E-state index is 11.4. The Morgan fingerprint density at radius 1 is 1.57 bits per heavy atom. The molecule has 0 amide bonds. The lowest BCUT2D eigenvalue weighted by atomic mass is 10.3.